The van der Waals surface area contributed by atoms with Gasteiger partial charge in [0.15, 0.2) is 0 Å². The van der Waals surface area contributed by atoms with E-state index in [9.17, 15) is 4.57 Å². The van der Waals surface area contributed by atoms with Gasteiger partial charge in [-0.3, -0.25) is 4.57 Å². The van der Waals surface area contributed by atoms with E-state index in [0.717, 1.165) is 6.16 Å². The molecule has 0 spiro atoms. The summed E-state index contributed by atoms with van der Waals surface area (Å²) >= 11 is 0. The fourth-order valence-electron chi connectivity index (χ4n) is 0.746. The minimum Gasteiger partial charge on any atom is -0.396 e. The molecule has 0 saturated heterocycles. The normalized spacial score (nSPS) is 12.2. The van der Waals surface area contributed by atoms with E-state index < -0.39 is 7.80 Å². The molecule has 0 aromatic carbocycles. The molecule has 0 fully saturated rings. The van der Waals surface area contributed by atoms with Gasteiger partial charge in [-0.2, -0.15) is 0 Å². The van der Waals surface area contributed by atoms with Gasteiger partial charge in [-0.15, -0.1) is 0 Å². The largest absolute Gasteiger partial charge is 0.396 e. The van der Waals surface area contributed by atoms with E-state index >= 15 is 0 Å². The Kier molecular flexibility index (Phi) is 5.85. The molecule has 0 aliphatic heterocycles. The predicted molar refractivity (Wildman–Crippen MR) is 43.9 cm³/mol. The Balaban J connectivity index is 3.26. The first-order chi connectivity index (χ1) is 4.66. The van der Waals surface area contributed by atoms with E-state index in [1.54, 1.807) is 0 Å². The van der Waals surface area contributed by atoms with Crippen LogP contribution in [0.25, 0.3) is 0 Å². The average molecular weight is 163 g/mol. The standard InChI is InChI=1S/C7H16O2P/c1-7(2)6-10(9)5-3-4-8/h7-8H,3-6H2,1-2H3. The van der Waals surface area contributed by atoms with Crippen molar-refractivity contribution in [1.29, 1.82) is 0 Å². The van der Waals surface area contributed by atoms with E-state index in [4.69, 9.17) is 5.11 Å². The molecule has 61 valence electrons. The zero-order valence-electron chi connectivity index (χ0n) is 6.71. The van der Waals surface area contributed by atoms with E-state index in [2.05, 4.69) is 13.8 Å². The maximum Gasteiger partial charge on any atom is 0.0722 e. The highest BCUT2D eigenvalue weighted by Crippen LogP contribution is 2.24. The van der Waals surface area contributed by atoms with Crippen molar-refractivity contribution in [2.45, 2.75) is 20.3 Å². The first kappa shape index (κ1) is 10.1. The van der Waals surface area contributed by atoms with Gasteiger partial charge in [0.2, 0.25) is 0 Å². The molecular weight excluding hydrogens is 147 g/mol. The highest BCUT2D eigenvalue weighted by Gasteiger charge is 2.02. The third kappa shape index (κ3) is 6.18. The van der Waals surface area contributed by atoms with E-state index in [1.165, 1.54) is 0 Å². The van der Waals surface area contributed by atoms with Crippen LogP contribution in [0.3, 0.4) is 0 Å². The van der Waals surface area contributed by atoms with Gasteiger partial charge in [-0.25, -0.2) is 0 Å². The first-order valence-corrected chi connectivity index (χ1v) is 5.32. The average Bonchev–Trinajstić information content (AvgIpc) is 1.82. The predicted octanol–water partition coefficient (Wildman–Crippen LogP) is 1.85. The number of rotatable bonds is 5. The van der Waals surface area contributed by atoms with E-state index in [-0.39, 0.29) is 6.61 Å². The summed E-state index contributed by atoms with van der Waals surface area (Å²) in [7, 11) is -1.04. The second-order valence-corrected chi connectivity index (χ2v) is 4.63. The molecule has 1 atom stereocenters. The Morgan fingerprint density at radius 1 is 1.50 bits per heavy atom. The summed E-state index contributed by atoms with van der Waals surface area (Å²) in [5, 5.41) is 8.42. The summed E-state index contributed by atoms with van der Waals surface area (Å²) < 4.78 is 11.0. The van der Waals surface area contributed by atoms with Crippen molar-refractivity contribution >= 4 is 7.80 Å². The molecule has 0 heterocycles. The molecule has 2 nitrogen and oxygen atoms in total. The first-order valence-electron chi connectivity index (χ1n) is 3.69. The Morgan fingerprint density at radius 2 is 2.10 bits per heavy atom. The van der Waals surface area contributed by atoms with Crippen molar-refractivity contribution in [1.82, 2.24) is 0 Å². The summed E-state index contributed by atoms with van der Waals surface area (Å²) in [5.41, 5.74) is 0. The topological polar surface area (TPSA) is 37.3 Å². The molecule has 0 rings (SSSR count). The molecule has 0 aliphatic carbocycles. The Labute approximate surface area is 63.4 Å². The smallest absolute Gasteiger partial charge is 0.0722 e. The fourth-order valence-corrected chi connectivity index (χ4v) is 2.24. The lowest BCUT2D eigenvalue weighted by atomic mass is 10.3. The zero-order valence-corrected chi connectivity index (χ0v) is 7.60. The van der Waals surface area contributed by atoms with Crippen LogP contribution in [0.2, 0.25) is 0 Å². The quantitative estimate of drug-likeness (QED) is 0.628. The Morgan fingerprint density at radius 3 is 2.50 bits per heavy atom. The van der Waals surface area contributed by atoms with Crippen LogP contribution in [0.5, 0.6) is 0 Å². The van der Waals surface area contributed by atoms with Crippen LogP contribution < -0.4 is 0 Å². The number of hydrogen-bond acceptors (Lipinski definition) is 2. The van der Waals surface area contributed by atoms with Gasteiger partial charge in [-0.05, 0) is 12.3 Å². The van der Waals surface area contributed by atoms with Crippen molar-refractivity contribution in [3.63, 3.8) is 0 Å². The van der Waals surface area contributed by atoms with Crippen LogP contribution in [0.15, 0.2) is 0 Å². The fraction of sp³-hybridized carbons (Fsp3) is 1.00. The second kappa shape index (κ2) is 5.82. The highest BCUT2D eigenvalue weighted by atomic mass is 31.1. The van der Waals surface area contributed by atoms with Gasteiger partial charge < -0.3 is 5.11 Å². The third-order valence-electron chi connectivity index (χ3n) is 1.13. The molecule has 3 heteroatoms. The maximum absolute atomic E-state index is 11.0. The third-order valence-corrected chi connectivity index (χ3v) is 3.09. The van der Waals surface area contributed by atoms with Crippen molar-refractivity contribution in [2.24, 2.45) is 5.92 Å². The second-order valence-electron chi connectivity index (χ2n) is 2.86. The summed E-state index contributed by atoms with van der Waals surface area (Å²) in [6.45, 7) is 4.29. The van der Waals surface area contributed by atoms with Gasteiger partial charge in [0.1, 0.15) is 0 Å². The lowest BCUT2D eigenvalue weighted by Crippen LogP contribution is -1.94. The maximum atomic E-state index is 11.0. The van der Waals surface area contributed by atoms with Crippen LogP contribution in [-0.4, -0.2) is 24.0 Å². The summed E-state index contributed by atoms with van der Waals surface area (Å²) in [6.07, 6.45) is 2.17. The van der Waals surface area contributed by atoms with Gasteiger partial charge in [0, 0.05) is 18.9 Å². The number of hydrogen-bond donors (Lipinski definition) is 1. The molecule has 0 aromatic rings. The molecule has 1 N–H and O–H groups in total. The summed E-state index contributed by atoms with van der Waals surface area (Å²) in [6, 6.07) is 0. The molecule has 0 bridgehead atoms. The molecule has 0 amide bonds. The SMILES string of the molecule is CC(C)C[P](=O)CCCO. The lowest BCUT2D eigenvalue weighted by Gasteiger charge is -2.01. The van der Waals surface area contributed by atoms with Gasteiger partial charge in [0.05, 0.1) is 7.80 Å². The van der Waals surface area contributed by atoms with Gasteiger partial charge >= 0.3 is 0 Å². The molecule has 10 heavy (non-hydrogen) atoms. The minimum atomic E-state index is -1.04. The van der Waals surface area contributed by atoms with Crippen molar-refractivity contribution < 1.29 is 9.67 Å². The molecule has 0 aromatic heterocycles. The van der Waals surface area contributed by atoms with Crippen molar-refractivity contribution in [3.05, 3.63) is 0 Å². The van der Waals surface area contributed by atoms with Gasteiger partial charge in [-0.1, -0.05) is 13.8 Å². The van der Waals surface area contributed by atoms with Crippen LogP contribution >= 0.6 is 7.80 Å². The number of aliphatic hydroxyl groups is 1. The molecule has 0 saturated carbocycles. The minimum absolute atomic E-state index is 0.166. The van der Waals surface area contributed by atoms with E-state index in [1.807, 2.05) is 0 Å². The molecule has 0 aliphatic rings. The van der Waals surface area contributed by atoms with Crippen molar-refractivity contribution in [2.75, 3.05) is 18.9 Å². The van der Waals surface area contributed by atoms with Crippen LogP contribution in [0.1, 0.15) is 20.3 Å². The van der Waals surface area contributed by atoms with Crippen LogP contribution in [0.4, 0.5) is 0 Å². The summed E-state index contributed by atoms with van der Waals surface area (Å²) in [4.78, 5) is 0. The number of aliphatic hydroxyl groups excluding tert-OH is 1. The molecule has 1 unspecified atom stereocenters. The lowest BCUT2D eigenvalue weighted by molar-refractivity contribution is 0.295. The van der Waals surface area contributed by atoms with Crippen LogP contribution in [0, 0.1) is 5.92 Å². The highest BCUT2D eigenvalue weighted by molar-refractivity contribution is 7.44. The Bertz CT molecular complexity index is 102. The monoisotopic (exact) mass is 163 g/mol. The van der Waals surface area contributed by atoms with Gasteiger partial charge in [0.25, 0.3) is 0 Å². The van der Waals surface area contributed by atoms with E-state index in [0.29, 0.717) is 18.5 Å². The molecular formula is C7H16O2P. The zero-order chi connectivity index (χ0) is 7.98. The Hall–Kier alpha value is 0.0600. The molecule has 1 radical (unpaired) electrons. The van der Waals surface area contributed by atoms with Crippen molar-refractivity contribution in [3.8, 4) is 0 Å². The summed E-state index contributed by atoms with van der Waals surface area (Å²) in [5.74, 6) is 0.516. The van der Waals surface area contributed by atoms with Crippen LogP contribution in [-0.2, 0) is 4.57 Å².